The molecule has 0 aromatic rings. The van der Waals surface area contributed by atoms with Crippen molar-refractivity contribution < 1.29 is 34.5 Å². The molecule has 64 valence electrons. The third-order valence-electron chi connectivity index (χ3n) is 0.716. The van der Waals surface area contributed by atoms with Gasteiger partial charge in [-0.15, -0.1) is 0 Å². The molecule has 0 rings (SSSR count). The van der Waals surface area contributed by atoms with Crippen molar-refractivity contribution in [3.05, 3.63) is 0 Å². The Morgan fingerprint density at radius 3 is 1.27 bits per heavy atom. The summed E-state index contributed by atoms with van der Waals surface area (Å²) in [5.74, 6) is 0. The normalized spacial score (nSPS) is 20.2. The fourth-order valence-electron chi connectivity index (χ4n) is 0.725. The average Bonchev–Trinajstić information content (AvgIpc) is 1.14. The van der Waals surface area contributed by atoms with Gasteiger partial charge in [0.05, 0.1) is 0 Å². The number of nitrogens with two attached hydrogens (primary N) is 2. The van der Waals surface area contributed by atoms with Gasteiger partial charge in [0.1, 0.15) is 11.4 Å². The molecule has 0 bridgehead atoms. The molecule has 0 amide bonds. The van der Waals surface area contributed by atoms with Gasteiger partial charge in [-0.3, -0.25) is 0 Å². The number of aliphatic hydroxyl groups is 2. The molecule has 2 unspecified atom stereocenters. The van der Waals surface area contributed by atoms with E-state index in [0.29, 0.717) is 0 Å². The minimum atomic E-state index is -1.39. The van der Waals surface area contributed by atoms with Crippen LogP contribution in [0.4, 0.5) is 0 Å². The first-order valence-electron chi connectivity index (χ1n) is 2.73. The molecule has 6 heteroatoms. The largest absolute Gasteiger partial charge is 1.00 e. The summed E-state index contributed by atoms with van der Waals surface area (Å²) in [4.78, 5) is 0. The van der Waals surface area contributed by atoms with E-state index in [4.69, 9.17) is 21.7 Å². The number of rotatable bonds is 2. The fourth-order valence-corrected chi connectivity index (χ4v) is 0.725. The second-order valence-corrected chi connectivity index (χ2v) is 2.89. The molecule has 0 radical (unpaired) electrons. The van der Waals surface area contributed by atoms with E-state index in [1.807, 2.05) is 0 Å². The number of hydrogen-bond donors (Lipinski definition) is 4. The molecular weight excluding hydrogens is 143 g/mol. The van der Waals surface area contributed by atoms with Crippen LogP contribution in [-0.2, 0) is 0 Å². The van der Waals surface area contributed by atoms with E-state index in [1.54, 1.807) is 0 Å². The first kappa shape index (κ1) is 17.5. The van der Waals surface area contributed by atoms with Gasteiger partial charge in [0.2, 0.25) is 0 Å². The van der Waals surface area contributed by atoms with Crippen LogP contribution < -0.4 is 30.3 Å². The minimum absolute atomic E-state index is 0. The number of hydrogen-bond acceptors (Lipinski definition) is 5. The van der Waals surface area contributed by atoms with Crippen molar-refractivity contribution in [2.24, 2.45) is 11.5 Å². The van der Waals surface area contributed by atoms with Crippen molar-refractivity contribution in [3.63, 3.8) is 0 Å². The van der Waals surface area contributed by atoms with Crippen LogP contribution in [0.25, 0.3) is 0 Å². The van der Waals surface area contributed by atoms with Crippen molar-refractivity contribution >= 4 is 0 Å². The van der Waals surface area contributed by atoms with Gasteiger partial charge in [0.15, 0.2) is 0 Å². The van der Waals surface area contributed by atoms with Gasteiger partial charge in [-0.25, -0.2) is 0 Å². The van der Waals surface area contributed by atoms with E-state index in [-0.39, 0.29) is 30.8 Å². The summed E-state index contributed by atoms with van der Waals surface area (Å²) in [5.41, 5.74) is 7.49. The first-order valence-corrected chi connectivity index (χ1v) is 2.73. The van der Waals surface area contributed by atoms with Crippen LogP contribution >= 0.6 is 0 Å². The predicted octanol–water partition coefficient (Wildman–Crippen LogP) is -4.46. The third-order valence-corrected chi connectivity index (χ3v) is 0.716. The van der Waals surface area contributed by atoms with Gasteiger partial charge in [-0.05, 0) is 13.8 Å². The Morgan fingerprint density at radius 1 is 1.09 bits per heavy atom. The zero-order valence-corrected chi connectivity index (χ0v) is 7.20. The molecule has 0 aromatic carbocycles. The molecule has 0 aliphatic rings. The Kier molecular flexibility index (Phi) is 8.13. The summed E-state index contributed by atoms with van der Waals surface area (Å²) in [6, 6.07) is 0. The van der Waals surface area contributed by atoms with Crippen LogP contribution in [0.3, 0.4) is 0 Å². The maximum atomic E-state index is 8.89. The summed E-state index contributed by atoms with van der Waals surface area (Å²) < 4.78 is 0. The molecule has 0 aliphatic carbocycles. The quantitative estimate of drug-likeness (QED) is 0.238. The van der Waals surface area contributed by atoms with Crippen LogP contribution in [0.15, 0.2) is 0 Å². The van der Waals surface area contributed by atoms with Gasteiger partial charge in [0.25, 0.3) is 0 Å². The summed E-state index contributed by atoms with van der Waals surface area (Å²) >= 11 is 0. The van der Waals surface area contributed by atoms with Crippen molar-refractivity contribution in [2.75, 3.05) is 0 Å². The summed E-state index contributed by atoms with van der Waals surface area (Å²) in [5, 5.41) is 17.8. The van der Waals surface area contributed by atoms with Crippen molar-refractivity contribution in [1.29, 1.82) is 0 Å². The Balaban J connectivity index is -0.000000320. The molecule has 0 heterocycles. The van der Waals surface area contributed by atoms with Gasteiger partial charge >= 0.3 is 18.9 Å². The molecule has 5 nitrogen and oxygen atoms in total. The maximum Gasteiger partial charge on any atom is 1.00 e. The van der Waals surface area contributed by atoms with E-state index in [0.717, 1.165) is 0 Å². The van der Waals surface area contributed by atoms with Gasteiger partial charge in [-0.2, -0.15) is 0 Å². The van der Waals surface area contributed by atoms with Crippen molar-refractivity contribution in [3.8, 4) is 0 Å². The van der Waals surface area contributed by atoms with Gasteiger partial charge in [-0.1, -0.05) is 0 Å². The van der Waals surface area contributed by atoms with Gasteiger partial charge < -0.3 is 27.2 Å². The minimum Gasteiger partial charge on any atom is -0.870 e. The van der Waals surface area contributed by atoms with Crippen molar-refractivity contribution in [2.45, 2.75) is 31.7 Å². The van der Waals surface area contributed by atoms with Crippen molar-refractivity contribution in [1.82, 2.24) is 0 Å². The van der Waals surface area contributed by atoms with Crippen LogP contribution in [0, 0.1) is 0 Å². The molecule has 0 saturated heterocycles. The topological polar surface area (TPSA) is 122 Å². The summed E-state index contributed by atoms with van der Waals surface area (Å²) in [7, 11) is 0. The molecule has 0 saturated carbocycles. The van der Waals surface area contributed by atoms with Crippen LogP contribution in [0.5, 0.6) is 0 Å². The zero-order valence-electron chi connectivity index (χ0n) is 7.20. The molecule has 2 atom stereocenters. The molecule has 0 fully saturated rings. The monoisotopic (exact) mass is 158 g/mol. The average molecular weight is 158 g/mol. The molecule has 0 aromatic heterocycles. The maximum absolute atomic E-state index is 8.89. The zero-order chi connectivity index (χ0) is 7.71. The standard InChI is InChI=1S/C5H14N2O2.Li.H2O/c1-4(6,8)3-5(2,7)9;;/h8-9H,3,6-7H2,1-2H3;;1H2/q;+1;/p-1. The molecular formula is C5H15LiN2O3. The van der Waals surface area contributed by atoms with Gasteiger partial charge in [0, 0.05) is 6.42 Å². The third kappa shape index (κ3) is 17.9. The van der Waals surface area contributed by atoms with Crippen LogP contribution in [0.1, 0.15) is 20.3 Å². The first-order chi connectivity index (χ1) is 3.71. The Labute approximate surface area is 78.2 Å². The summed E-state index contributed by atoms with van der Waals surface area (Å²) in [6.45, 7) is 2.77. The second kappa shape index (κ2) is 5.12. The molecule has 0 spiro atoms. The predicted molar refractivity (Wildman–Crippen MR) is 36.2 cm³/mol. The SMILES string of the molecule is CC(N)(O)CC(C)(N)O.[Li+].[OH-]. The Morgan fingerprint density at radius 2 is 1.27 bits per heavy atom. The Hall–Kier alpha value is 0.397. The molecule has 7 N–H and O–H groups in total. The van der Waals surface area contributed by atoms with Crippen LogP contribution in [-0.4, -0.2) is 27.1 Å². The smallest absolute Gasteiger partial charge is 0.870 e. The summed E-state index contributed by atoms with van der Waals surface area (Å²) in [6.07, 6.45) is -0.0417. The Bertz CT molecular complexity index is 84.9. The second-order valence-electron chi connectivity index (χ2n) is 2.89. The fraction of sp³-hybridized carbons (Fsp3) is 1.00. The van der Waals surface area contributed by atoms with E-state index in [2.05, 4.69) is 0 Å². The van der Waals surface area contributed by atoms with E-state index in [9.17, 15) is 0 Å². The molecule has 0 aliphatic heterocycles. The van der Waals surface area contributed by atoms with E-state index < -0.39 is 11.4 Å². The van der Waals surface area contributed by atoms with E-state index >= 15 is 0 Å². The molecule has 11 heavy (non-hydrogen) atoms. The van der Waals surface area contributed by atoms with E-state index in [1.165, 1.54) is 13.8 Å². The van der Waals surface area contributed by atoms with Crippen LogP contribution in [0.2, 0.25) is 0 Å².